The van der Waals surface area contributed by atoms with Crippen molar-refractivity contribution in [3.8, 4) is 0 Å². The Morgan fingerprint density at radius 3 is 2.29 bits per heavy atom. The minimum absolute atomic E-state index is 0. The molecule has 1 aliphatic rings. The second-order valence-corrected chi connectivity index (χ2v) is 13.0. The maximum atomic E-state index is 12.1. The predicted molar refractivity (Wildman–Crippen MR) is 129 cm³/mol. The Bertz CT molecular complexity index is 1640. The number of hydrogen-bond donors (Lipinski definition) is 3. The molecule has 4 unspecified atom stereocenters. The van der Waals surface area contributed by atoms with Crippen molar-refractivity contribution in [2.75, 3.05) is 12.3 Å². The van der Waals surface area contributed by atoms with Gasteiger partial charge in [0.15, 0.2) is 17.7 Å². The molecule has 27 heteroatoms. The van der Waals surface area contributed by atoms with Gasteiger partial charge in [-0.05, 0) is 13.0 Å². The summed E-state index contributed by atoms with van der Waals surface area (Å²) in [5.74, 6) is 0.00392. The number of nitro benzene ring substituents is 1. The quantitative estimate of drug-likeness (QED) is 0.0676. The molecule has 1 fully saturated rings. The fraction of sp³-hybridized carbons (Fsp3) is 0.389. The van der Waals surface area contributed by atoms with Crippen LogP contribution >= 0.6 is 23.5 Å². The van der Waals surface area contributed by atoms with E-state index in [0.717, 1.165) is 31.7 Å². The third-order valence-electron chi connectivity index (χ3n) is 5.65. The number of aliphatic hydroxyl groups excluding tert-OH is 2. The summed E-state index contributed by atoms with van der Waals surface area (Å²) >= 11 is 0. The van der Waals surface area contributed by atoms with Gasteiger partial charge >= 0.3 is 88.7 Å². The molecular formula is C18H20N6Na3O15P3. The van der Waals surface area contributed by atoms with Crippen LogP contribution in [-0.4, -0.2) is 59.6 Å². The minimum Gasteiger partial charge on any atom is -0.756 e. The van der Waals surface area contributed by atoms with Gasteiger partial charge in [-0.3, -0.25) is 28.4 Å². The van der Waals surface area contributed by atoms with Crippen LogP contribution in [-0.2, 0) is 36.1 Å². The smallest absolute Gasteiger partial charge is 0.756 e. The molecule has 0 aliphatic carbocycles. The van der Waals surface area contributed by atoms with E-state index >= 15 is 0 Å². The maximum Gasteiger partial charge on any atom is 1.00 e. The van der Waals surface area contributed by atoms with E-state index in [4.69, 9.17) is 10.5 Å². The van der Waals surface area contributed by atoms with Crippen molar-refractivity contribution in [3.05, 3.63) is 52.6 Å². The number of phosphoric ester groups is 2. The fourth-order valence-corrected chi connectivity index (χ4v) is 7.39. The summed E-state index contributed by atoms with van der Waals surface area (Å²) in [6.45, 7) is -0.0863. The first-order valence-corrected chi connectivity index (χ1v) is 15.7. The van der Waals surface area contributed by atoms with Crippen molar-refractivity contribution in [2.24, 2.45) is 0 Å². The summed E-state index contributed by atoms with van der Waals surface area (Å²) in [6, 6.07) is 4.77. The summed E-state index contributed by atoms with van der Waals surface area (Å²) in [4.78, 5) is 58.3. The molecule has 0 bridgehead atoms. The first-order valence-electron chi connectivity index (χ1n) is 11.4. The zero-order chi connectivity index (χ0) is 31.0. The van der Waals surface area contributed by atoms with Crippen molar-refractivity contribution < 1.29 is 155 Å². The number of para-hydroxylation sites is 1. The van der Waals surface area contributed by atoms with E-state index in [9.17, 15) is 48.7 Å². The van der Waals surface area contributed by atoms with E-state index in [1.165, 1.54) is 16.7 Å². The van der Waals surface area contributed by atoms with Crippen LogP contribution in [0.15, 0.2) is 36.9 Å². The molecule has 1 aliphatic heterocycles. The average molecular weight is 722 g/mol. The molecule has 0 radical (unpaired) electrons. The number of rotatable bonds is 12. The summed E-state index contributed by atoms with van der Waals surface area (Å²) < 4.78 is 59.3. The molecule has 0 spiro atoms. The van der Waals surface area contributed by atoms with E-state index in [0.29, 0.717) is 0 Å². The first kappa shape index (κ1) is 43.3. The van der Waals surface area contributed by atoms with E-state index in [-0.39, 0.29) is 111 Å². The Balaban J connectivity index is 0.00000337. The Kier molecular flexibility index (Phi) is 16.6. The van der Waals surface area contributed by atoms with E-state index in [1.807, 2.05) is 0 Å². The number of nitrogens with zero attached hydrogens (tertiary/aromatic N) is 5. The Morgan fingerprint density at radius 1 is 1.02 bits per heavy atom. The molecule has 3 aromatic rings. The molecule has 4 rings (SSSR count). The third kappa shape index (κ3) is 10.9. The summed E-state index contributed by atoms with van der Waals surface area (Å²) in [5.41, 5.74) is 5.13. The van der Waals surface area contributed by atoms with Gasteiger partial charge in [-0.15, -0.1) is 0 Å². The molecule has 0 amide bonds. The number of ether oxygens (including phenoxy) is 1. The van der Waals surface area contributed by atoms with E-state index < -0.39 is 71.3 Å². The molecule has 3 heterocycles. The first-order chi connectivity index (χ1) is 19.5. The Hall–Kier alpha value is 0.260. The van der Waals surface area contributed by atoms with Gasteiger partial charge in [-0.1, -0.05) is 12.1 Å². The summed E-state index contributed by atoms with van der Waals surface area (Å²) in [6.07, 6.45) is -5.80. The van der Waals surface area contributed by atoms with Gasteiger partial charge in [-0.2, -0.15) is 0 Å². The van der Waals surface area contributed by atoms with Gasteiger partial charge in [-0.25, -0.2) is 23.6 Å². The van der Waals surface area contributed by atoms with Crippen LogP contribution in [0.25, 0.3) is 11.2 Å². The zero-order valence-electron chi connectivity index (χ0n) is 23.9. The van der Waals surface area contributed by atoms with Crippen molar-refractivity contribution in [1.29, 1.82) is 0 Å². The molecule has 230 valence electrons. The number of imidazole rings is 1. The fourth-order valence-electron chi connectivity index (χ4n) is 3.87. The zero-order valence-corrected chi connectivity index (χ0v) is 32.6. The summed E-state index contributed by atoms with van der Waals surface area (Å²) in [7, 11) is -18.1. The van der Waals surface area contributed by atoms with Gasteiger partial charge in [0.1, 0.15) is 30.2 Å². The largest absolute Gasteiger partial charge is 1.00 e. The molecule has 21 nitrogen and oxygen atoms in total. The molecule has 0 saturated carbocycles. The third-order valence-corrected chi connectivity index (χ3v) is 9.89. The number of hydrogen-bond acceptors (Lipinski definition) is 19. The second kappa shape index (κ2) is 17.3. The molecule has 1 aromatic carbocycles. The second-order valence-electron chi connectivity index (χ2n) is 8.49. The van der Waals surface area contributed by atoms with Crippen LogP contribution in [0, 0.1) is 10.1 Å². The molecule has 4 N–H and O–H groups in total. The number of aromatic nitrogens is 4. The number of phosphoric acid groups is 3. The van der Waals surface area contributed by atoms with E-state index in [1.54, 1.807) is 0 Å². The van der Waals surface area contributed by atoms with Gasteiger partial charge in [0.2, 0.25) is 0 Å². The molecule has 8 atom stereocenters. The molecule has 45 heavy (non-hydrogen) atoms. The molecule has 2 aromatic heterocycles. The number of nitrogens with two attached hydrogens (primary N) is 1. The average Bonchev–Trinajstić information content (AvgIpc) is 3.42. The Morgan fingerprint density at radius 2 is 1.64 bits per heavy atom. The molecule has 1 saturated heterocycles. The minimum atomic E-state index is -6.26. The van der Waals surface area contributed by atoms with Gasteiger partial charge in [0.05, 0.1) is 29.5 Å². The monoisotopic (exact) mass is 722 g/mol. The van der Waals surface area contributed by atoms with Gasteiger partial charge < -0.3 is 44.4 Å². The predicted octanol–water partition coefficient (Wildman–Crippen LogP) is -9.82. The van der Waals surface area contributed by atoms with Crippen LogP contribution in [0.5, 0.6) is 0 Å². The number of anilines is 1. The number of fused-ring (bicyclic) bond motifs is 1. The standard InChI is InChI=1S/C18H23N6O15P3.3Na/c1-9(10-4-2-3-5-11(10)24(27)28)37-41(31,32)39-42(33,34)38-40(29,30)35-6-12-14(25)15(26)18(36-12)23-8-22-13-16(19)20-7-21-17(13)23;;;/h2-5,7-9,12,14-15,18,25-26H,6H2,1H3,(H,29,30)(H,31,32)(H,33,34)(H2,19,20,21);;;/q;3*+1/p-3/t9?,12-,14-,15-,18-;;;/m1.../s1. The van der Waals surface area contributed by atoms with Crippen LogP contribution in [0.1, 0.15) is 24.8 Å². The van der Waals surface area contributed by atoms with Crippen molar-refractivity contribution in [2.45, 2.75) is 37.6 Å². The van der Waals surface area contributed by atoms with Gasteiger partial charge in [0, 0.05) is 6.07 Å². The topological polar surface area (TPSA) is 320 Å². The van der Waals surface area contributed by atoms with E-state index in [2.05, 4.69) is 32.6 Å². The number of nitro groups is 1. The normalized spacial score (nSPS) is 24.1. The van der Waals surface area contributed by atoms with Crippen molar-refractivity contribution in [1.82, 2.24) is 19.5 Å². The number of benzene rings is 1. The van der Waals surface area contributed by atoms with Crippen molar-refractivity contribution >= 4 is 46.1 Å². The van der Waals surface area contributed by atoms with Gasteiger partial charge in [0.25, 0.3) is 29.2 Å². The maximum absolute atomic E-state index is 12.1. The van der Waals surface area contributed by atoms with Crippen molar-refractivity contribution in [3.63, 3.8) is 0 Å². The van der Waals surface area contributed by atoms with Crippen LogP contribution in [0.4, 0.5) is 11.5 Å². The number of nitrogen functional groups attached to an aromatic ring is 1. The number of aliphatic hydroxyl groups is 2. The van der Waals surface area contributed by atoms with Crippen LogP contribution < -0.4 is 109 Å². The van der Waals surface area contributed by atoms with Crippen LogP contribution in [0.2, 0.25) is 0 Å². The summed E-state index contributed by atoms with van der Waals surface area (Å²) in [5, 5.41) is 31.9. The molecular weight excluding hydrogens is 702 g/mol. The Labute approximate surface area is 319 Å². The van der Waals surface area contributed by atoms with Crippen LogP contribution in [0.3, 0.4) is 0 Å². The SMILES string of the molecule is CC(OP(=O)([O-])OP(=O)([O-])OP(=O)([O-])OC[C@H]1O[C@@H](n2cnc3c(N)ncnc32)[C@H](O)[C@@H]1O)c1ccccc1[N+](=O)[O-].[Na+].[Na+].[Na+].